The van der Waals surface area contributed by atoms with E-state index in [1.54, 1.807) is 31.2 Å². The van der Waals surface area contributed by atoms with Crippen LogP contribution in [-0.4, -0.2) is 44.2 Å². The molecule has 0 saturated carbocycles. The van der Waals surface area contributed by atoms with E-state index in [4.69, 9.17) is 16.3 Å². The summed E-state index contributed by atoms with van der Waals surface area (Å²) in [7, 11) is -3.67. The summed E-state index contributed by atoms with van der Waals surface area (Å²) in [5.41, 5.74) is 1.04. The van der Waals surface area contributed by atoms with Crippen molar-refractivity contribution in [2.45, 2.75) is 31.1 Å². The number of nitrogens with zero attached hydrogens (tertiary/aromatic N) is 1. The standard InChI is InChI=1S/C21H22ClNO5S/c1-15-8-9-18(29(26,27)23-10-3-2-4-11-23)13-19(15)21(25)28-14-20(24)16-6-5-7-17(22)12-16/h5-9,12-13H,2-4,10-11,14H2,1H3. The van der Waals surface area contributed by atoms with Crippen LogP contribution in [0.15, 0.2) is 47.4 Å². The first-order valence-electron chi connectivity index (χ1n) is 9.36. The van der Waals surface area contributed by atoms with Gasteiger partial charge in [0.1, 0.15) is 0 Å². The van der Waals surface area contributed by atoms with Gasteiger partial charge < -0.3 is 4.74 Å². The van der Waals surface area contributed by atoms with E-state index in [9.17, 15) is 18.0 Å². The molecule has 6 nitrogen and oxygen atoms in total. The molecular weight excluding hydrogens is 414 g/mol. The summed E-state index contributed by atoms with van der Waals surface area (Å²) in [4.78, 5) is 24.8. The Labute approximate surface area is 175 Å². The normalized spacial score (nSPS) is 15.1. The van der Waals surface area contributed by atoms with Crippen molar-refractivity contribution in [1.82, 2.24) is 4.31 Å². The second-order valence-corrected chi connectivity index (χ2v) is 9.33. The zero-order valence-electron chi connectivity index (χ0n) is 16.1. The molecule has 2 aromatic carbocycles. The number of piperidine rings is 1. The average Bonchev–Trinajstić information content (AvgIpc) is 2.72. The smallest absolute Gasteiger partial charge is 0.338 e. The van der Waals surface area contributed by atoms with Crippen LogP contribution in [0.2, 0.25) is 5.02 Å². The molecule has 0 radical (unpaired) electrons. The third-order valence-electron chi connectivity index (χ3n) is 4.86. The van der Waals surface area contributed by atoms with Gasteiger partial charge in [-0.15, -0.1) is 0 Å². The van der Waals surface area contributed by atoms with Crippen LogP contribution in [0.5, 0.6) is 0 Å². The molecular formula is C21H22ClNO5S. The molecule has 29 heavy (non-hydrogen) atoms. The number of hydrogen-bond donors (Lipinski definition) is 0. The molecule has 8 heteroatoms. The summed E-state index contributed by atoms with van der Waals surface area (Å²) < 4.78 is 32.3. The highest BCUT2D eigenvalue weighted by Gasteiger charge is 2.27. The number of esters is 1. The minimum absolute atomic E-state index is 0.0538. The fourth-order valence-corrected chi connectivity index (χ4v) is 4.92. The lowest BCUT2D eigenvalue weighted by Crippen LogP contribution is -2.35. The van der Waals surface area contributed by atoms with Crippen molar-refractivity contribution < 1.29 is 22.7 Å². The molecule has 0 spiro atoms. The molecule has 1 aliphatic rings. The van der Waals surface area contributed by atoms with Crippen molar-refractivity contribution >= 4 is 33.4 Å². The molecule has 2 aromatic rings. The highest BCUT2D eigenvalue weighted by atomic mass is 35.5. The second kappa shape index (κ2) is 9.07. The number of Topliss-reactive ketones (excluding diaryl/α,β-unsaturated/α-hetero) is 1. The molecule has 0 aliphatic carbocycles. The van der Waals surface area contributed by atoms with Gasteiger partial charge in [0.2, 0.25) is 10.0 Å². The molecule has 0 N–H and O–H groups in total. The fraction of sp³-hybridized carbons (Fsp3) is 0.333. The van der Waals surface area contributed by atoms with E-state index in [2.05, 4.69) is 0 Å². The number of carbonyl (C=O) groups is 2. The zero-order valence-corrected chi connectivity index (χ0v) is 17.6. The van der Waals surface area contributed by atoms with Crippen LogP contribution >= 0.6 is 11.6 Å². The number of hydrogen-bond acceptors (Lipinski definition) is 5. The first-order valence-corrected chi connectivity index (χ1v) is 11.2. The molecule has 1 heterocycles. The number of ether oxygens (including phenoxy) is 1. The van der Waals surface area contributed by atoms with E-state index in [-0.39, 0.29) is 10.5 Å². The van der Waals surface area contributed by atoms with Gasteiger partial charge in [0.25, 0.3) is 0 Å². The van der Waals surface area contributed by atoms with Gasteiger partial charge >= 0.3 is 5.97 Å². The predicted molar refractivity (Wildman–Crippen MR) is 110 cm³/mol. The van der Waals surface area contributed by atoms with Crippen molar-refractivity contribution in [2.24, 2.45) is 0 Å². The van der Waals surface area contributed by atoms with Gasteiger partial charge in [-0.05, 0) is 49.6 Å². The Hall–Kier alpha value is -2.22. The molecule has 0 aromatic heterocycles. The molecule has 0 bridgehead atoms. The quantitative estimate of drug-likeness (QED) is 0.508. The maximum atomic E-state index is 12.9. The van der Waals surface area contributed by atoms with E-state index in [0.717, 1.165) is 19.3 Å². The molecule has 154 valence electrons. The number of halogens is 1. The number of sulfonamides is 1. The van der Waals surface area contributed by atoms with Crippen molar-refractivity contribution in [2.75, 3.05) is 19.7 Å². The van der Waals surface area contributed by atoms with Crippen LogP contribution in [0, 0.1) is 6.92 Å². The van der Waals surface area contributed by atoms with Crippen LogP contribution in [-0.2, 0) is 14.8 Å². The lowest BCUT2D eigenvalue weighted by atomic mass is 10.1. The SMILES string of the molecule is Cc1ccc(S(=O)(=O)N2CCCCC2)cc1C(=O)OCC(=O)c1cccc(Cl)c1. The molecule has 0 unspecified atom stereocenters. The lowest BCUT2D eigenvalue weighted by molar-refractivity contribution is 0.0473. The number of aryl methyl sites for hydroxylation is 1. The van der Waals surface area contributed by atoms with Crippen LogP contribution < -0.4 is 0 Å². The third kappa shape index (κ3) is 5.04. The summed E-state index contributed by atoms with van der Waals surface area (Å²) >= 11 is 5.87. The van der Waals surface area contributed by atoms with E-state index in [0.29, 0.717) is 29.2 Å². The van der Waals surface area contributed by atoms with Crippen molar-refractivity contribution in [1.29, 1.82) is 0 Å². The number of carbonyl (C=O) groups excluding carboxylic acids is 2. The molecule has 1 aliphatic heterocycles. The molecule has 0 amide bonds. The molecule has 1 saturated heterocycles. The first-order chi connectivity index (χ1) is 13.8. The van der Waals surface area contributed by atoms with Crippen molar-refractivity contribution in [3.63, 3.8) is 0 Å². The Balaban J connectivity index is 1.75. The van der Waals surface area contributed by atoms with Crippen LogP contribution in [0.1, 0.15) is 45.5 Å². The van der Waals surface area contributed by atoms with Crippen LogP contribution in [0.25, 0.3) is 0 Å². The maximum absolute atomic E-state index is 12.9. The molecule has 1 fully saturated rings. The van der Waals surface area contributed by atoms with Gasteiger partial charge in [-0.1, -0.05) is 36.2 Å². The van der Waals surface area contributed by atoms with E-state index in [1.165, 1.54) is 22.5 Å². The van der Waals surface area contributed by atoms with Crippen molar-refractivity contribution in [3.8, 4) is 0 Å². The van der Waals surface area contributed by atoms with E-state index < -0.39 is 28.4 Å². The maximum Gasteiger partial charge on any atom is 0.338 e. The minimum Gasteiger partial charge on any atom is -0.454 e. The van der Waals surface area contributed by atoms with Gasteiger partial charge in [0, 0.05) is 23.7 Å². The fourth-order valence-electron chi connectivity index (χ4n) is 3.19. The van der Waals surface area contributed by atoms with E-state index in [1.807, 2.05) is 0 Å². The zero-order chi connectivity index (χ0) is 21.0. The number of rotatable bonds is 6. The van der Waals surface area contributed by atoms with Crippen molar-refractivity contribution in [3.05, 3.63) is 64.2 Å². The Kier molecular flexibility index (Phi) is 6.72. The van der Waals surface area contributed by atoms with Gasteiger partial charge in [-0.25, -0.2) is 13.2 Å². The summed E-state index contributed by atoms with van der Waals surface area (Å²) in [6.45, 7) is 2.18. The number of ketones is 1. The van der Waals surface area contributed by atoms with Crippen LogP contribution in [0.3, 0.4) is 0 Å². The first kappa shape index (κ1) is 21.5. The Morgan fingerprint density at radius 2 is 1.79 bits per heavy atom. The predicted octanol–water partition coefficient (Wildman–Crippen LogP) is 3.86. The summed E-state index contributed by atoms with van der Waals surface area (Å²) in [5.74, 6) is -1.14. The monoisotopic (exact) mass is 435 g/mol. The van der Waals surface area contributed by atoms with Gasteiger partial charge in [-0.3, -0.25) is 4.79 Å². The second-order valence-electron chi connectivity index (χ2n) is 6.95. The topological polar surface area (TPSA) is 80.8 Å². The Morgan fingerprint density at radius 1 is 1.07 bits per heavy atom. The number of benzene rings is 2. The largest absolute Gasteiger partial charge is 0.454 e. The highest BCUT2D eigenvalue weighted by Crippen LogP contribution is 2.23. The molecule has 3 rings (SSSR count). The lowest BCUT2D eigenvalue weighted by Gasteiger charge is -2.26. The van der Waals surface area contributed by atoms with Crippen LogP contribution in [0.4, 0.5) is 0 Å². The van der Waals surface area contributed by atoms with E-state index >= 15 is 0 Å². The van der Waals surface area contributed by atoms with Gasteiger partial charge in [-0.2, -0.15) is 4.31 Å². The molecule has 0 atom stereocenters. The third-order valence-corrected chi connectivity index (χ3v) is 6.99. The average molecular weight is 436 g/mol. The summed E-state index contributed by atoms with van der Waals surface area (Å²) in [5, 5.41) is 0.411. The highest BCUT2D eigenvalue weighted by molar-refractivity contribution is 7.89. The Bertz CT molecular complexity index is 1030. The minimum atomic E-state index is -3.67. The van der Waals surface area contributed by atoms with Gasteiger partial charge in [0.15, 0.2) is 12.4 Å². The van der Waals surface area contributed by atoms with Gasteiger partial charge in [0.05, 0.1) is 10.5 Å². The summed E-state index contributed by atoms with van der Waals surface area (Å²) in [6.07, 6.45) is 2.66. The Morgan fingerprint density at radius 3 is 2.48 bits per heavy atom. The summed E-state index contributed by atoms with van der Waals surface area (Å²) in [6, 6.07) is 10.7.